The first kappa shape index (κ1) is 12.4. The van der Waals surface area contributed by atoms with E-state index in [1.54, 1.807) is 0 Å². The largest absolute Gasteiger partial charge is 0.398 e. The lowest BCUT2D eigenvalue weighted by atomic mass is 10.1. The molecule has 1 aliphatic carbocycles. The van der Waals surface area contributed by atoms with Gasteiger partial charge in [0.05, 0.1) is 0 Å². The van der Waals surface area contributed by atoms with Gasteiger partial charge in [0, 0.05) is 30.1 Å². The van der Waals surface area contributed by atoms with E-state index in [4.69, 9.17) is 5.73 Å². The Bertz CT molecular complexity index is 433. The van der Waals surface area contributed by atoms with E-state index in [0.29, 0.717) is 0 Å². The summed E-state index contributed by atoms with van der Waals surface area (Å²) in [7, 11) is 0. The highest BCUT2D eigenvalue weighted by atomic mass is 32.2. The second-order valence-electron chi connectivity index (χ2n) is 5.38. The van der Waals surface area contributed by atoms with E-state index >= 15 is 0 Å². The minimum absolute atomic E-state index is 0.766. The number of nitrogen functional groups attached to an aromatic ring is 1. The van der Waals surface area contributed by atoms with E-state index < -0.39 is 0 Å². The fourth-order valence-electron chi connectivity index (χ4n) is 3.44. The molecular formula is C15H22N2S. The van der Waals surface area contributed by atoms with Gasteiger partial charge in [0.15, 0.2) is 0 Å². The maximum atomic E-state index is 6.09. The number of nitrogens with zero attached hydrogens (tertiary/aromatic N) is 1. The molecule has 1 aromatic rings. The Hall–Kier alpha value is -0.670. The van der Waals surface area contributed by atoms with Gasteiger partial charge >= 0.3 is 0 Å². The van der Waals surface area contributed by atoms with Crippen molar-refractivity contribution < 1.29 is 0 Å². The van der Waals surface area contributed by atoms with Gasteiger partial charge in [-0.2, -0.15) is 11.8 Å². The highest BCUT2D eigenvalue weighted by Gasteiger charge is 2.35. The summed E-state index contributed by atoms with van der Waals surface area (Å²) in [5.74, 6) is 1.24. The Kier molecular flexibility index (Phi) is 3.53. The van der Waals surface area contributed by atoms with Gasteiger partial charge in [-0.25, -0.2) is 0 Å². The fraction of sp³-hybridized carbons (Fsp3) is 0.600. The predicted octanol–water partition coefficient (Wildman–Crippen LogP) is 3.26. The Balaban J connectivity index is 1.75. The van der Waals surface area contributed by atoms with Crippen LogP contribution in [-0.4, -0.2) is 21.9 Å². The molecule has 0 saturated heterocycles. The van der Waals surface area contributed by atoms with Gasteiger partial charge < -0.3 is 5.73 Å². The monoisotopic (exact) mass is 262 g/mol. The number of nitrogens with two attached hydrogens (primary N) is 1. The maximum absolute atomic E-state index is 6.09. The summed E-state index contributed by atoms with van der Waals surface area (Å²) < 4.78 is 0. The Morgan fingerprint density at radius 3 is 3.00 bits per heavy atom. The third-order valence-electron chi connectivity index (χ3n) is 4.31. The minimum Gasteiger partial charge on any atom is -0.398 e. The number of hydrogen-bond donors (Lipinski definition) is 1. The van der Waals surface area contributed by atoms with Crippen LogP contribution in [0.15, 0.2) is 18.2 Å². The molecule has 0 bridgehead atoms. The molecule has 1 fully saturated rings. The number of anilines is 1. The van der Waals surface area contributed by atoms with Crippen molar-refractivity contribution in [1.29, 1.82) is 0 Å². The van der Waals surface area contributed by atoms with Crippen LogP contribution in [0.3, 0.4) is 0 Å². The van der Waals surface area contributed by atoms with Crippen LogP contribution in [0.4, 0.5) is 5.69 Å². The van der Waals surface area contributed by atoms with Crippen LogP contribution in [0, 0.1) is 0 Å². The van der Waals surface area contributed by atoms with Gasteiger partial charge in [-0.1, -0.05) is 25.5 Å². The van der Waals surface area contributed by atoms with Crippen molar-refractivity contribution in [1.82, 2.24) is 4.90 Å². The Morgan fingerprint density at radius 1 is 1.33 bits per heavy atom. The predicted molar refractivity (Wildman–Crippen MR) is 79.7 cm³/mol. The number of fused-ring (bicyclic) bond motifs is 1. The highest BCUT2D eigenvalue weighted by Crippen LogP contribution is 2.38. The van der Waals surface area contributed by atoms with E-state index in [2.05, 4.69) is 35.7 Å². The average molecular weight is 262 g/mol. The van der Waals surface area contributed by atoms with Gasteiger partial charge in [0.2, 0.25) is 0 Å². The highest BCUT2D eigenvalue weighted by molar-refractivity contribution is 7.99. The lowest BCUT2D eigenvalue weighted by Gasteiger charge is -2.28. The molecule has 1 saturated carbocycles. The molecule has 98 valence electrons. The molecule has 1 heterocycles. The SMILES string of the molecule is CCSC1CCCC1N1Cc2cccc(N)c2C1. The molecule has 2 nitrogen and oxygen atoms in total. The molecule has 2 N–H and O–H groups in total. The molecule has 0 amide bonds. The van der Waals surface area contributed by atoms with E-state index in [1.165, 1.54) is 36.1 Å². The lowest BCUT2D eigenvalue weighted by molar-refractivity contribution is 0.206. The fourth-order valence-corrected chi connectivity index (χ4v) is 4.73. The summed E-state index contributed by atoms with van der Waals surface area (Å²) in [4.78, 5) is 2.65. The molecule has 1 aromatic carbocycles. The molecule has 3 heteroatoms. The summed E-state index contributed by atoms with van der Waals surface area (Å²) in [6, 6.07) is 7.13. The summed E-state index contributed by atoms with van der Waals surface area (Å²) >= 11 is 2.14. The van der Waals surface area contributed by atoms with Crippen molar-refractivity contribution in [2.24, 2.45) is 0 Å². The maximum Gasteiger partial charge on any atom is 0.0363 e. The lowest BCUT2D eigenvalue weighted by Crippen LogP contribution is -2.35. The van der Waals surface area contributed by atoms with Gasteiger partial charge in [0.25, 0.3) is 0 Å². The Morgan fingerprint density at radius 2 is 2.22 bits per heavy atom. The van der Waals surface area contributed by atoms with Gasteiger partial charge in [-0.15, -0.1) is 0 Å². The molecule has 0 spiro atoms. The van der Waals surface area contributed by atoms with Crippen LogP contribution in [0.1, 0.15) is 37.3 Å². The zero-order valence-electron chi connectivity index (χ0n) is 11.1. The second kappa shape index (κ2) is 5.14. The third-order valence-corrected chi connectivity index (χ3v) is 5.62. The Labute approximate surface area is 114 Å². The molecule has 0 radical (unpaired) electrons. The molecule has 2 aliphatic rings. The summed E-state index contributed by atoms with van der Waals surface area (Å²) in [5, 5.41) is 0.838. The molecule has 0 aromatic heterocycles. The number of hydrogen-bond acceptors (Lipinski definition) is 3. The third kappa shape index (κ3) is 2.14. The van der Waals surface area contributed by atoms with Crippen molar-refractivity contribution in [3.05, 3.63) is 29.3 Å². The van der Waals surface area contributed by atoms with Gasteiger partial charge in [-0.05, 0) is 35.8 Å². The second-order valence-corrected chi connectivity index (χ2v) is 6.90. The normalized spacial score (nSPS) is 27.6. The molecule has 18 heavy (non-hydrogen) atoms. The van der Waals surface area contributed by atoms with E-state index in [0.717, 1.165) is 30.1 Å². The van der Waals surface area contributed by atoms with Crippen LogP contribution < -0.4 is 5.73 Å². The first-order valence-corrected chi connectivity index (χ1v) is 8.06. The summed E-state index contributed by atoms with van der Waals surface area (Å²) in [5.41, 5.74) is 9.90. The zero-order chi connectivity index (χ0) is 12.5. The minimum atomic E-state index is 0.766. The molecular weight excluding hydrogens is 240 g/mol. The van der Waals surface area contributed by atoms with Gasteiger partial charge in [-0.3, -0.25) is 4.90 Å². The first-order chi connectivity index (χ1) is 8.79. The quantitative estimate of drug-likeness (QED) is 0.848. The van der Waals surface area contributed by atoms with Crippen LogP contribution in [0.25, 0.3) is 0 Å². The van der Waals surface area contributed by atoms with E-state index in [1.807, 2.05) is 6.07 Å². The van der Waals surface area contributed by atoms with Crippen LogP contribution >= 0.6 is 11.8 Å². The van der Waals surface area contributed by atoms with Crippen molar-refractivity contribution in [3.8, 4) is 0 Å². The molecule has 1 aliphatic heterocycles. The van der Waals surface area contributed by atoms with Crippen LogP contribution in [-0.2, 0) is 13.1 Å². The smallest absolute Gasteiger partial charge is 0.0363 e. The van der Waals surface area contributed by atoms with E-state index in [-0.39, 0.29) is 0 Å². The van der Waals surface area contributed by atoms with Gasteiger partial charge in [0.1, 0.15) is 0 Å². The summed E-state index contributed by atoms with van der Waals surface area (Å²) in [6.45, 7) is 4.44. The molecule has 2 unspecified atom stereocenters. The standard InChI is InChI=1S/C15H22N2S/c1-2-18-15-8-4-7-14(15)17-9-11-5-3-6-13(16)12(11)10-17/h3,5-6,14-15H,2,4,7-10,16H2,1H3. The van der Waals surface area contributed by atoms with Crippen LogP contribution in [0.5, 0.6) is 0 Å². The van der Waals surface area contributed by atoms with E-state index in [9.17, 15) is 0 Å². The van der Waals surface area contributed by atoms with Crippen molar-refractivity contribution in [3.63, 3.8) is 0 Å². The average Bonchev–Trinajstić information content (AvgIpc) is 2.95. The number of thioether (sulfide) groups is 1. The molecule has 3 rings (SSSR count). The number of benzene rings is 1. The zero-order valence-corrected chi connectivity index (χ0v) is 11.9. The number of rotatable bonds is 3. The van der Waals surface area contributed by atoms with Crippen LogP contribution in [0.2, 0.25) is 0 Å². The first-order valence-electron chi connectivity index (χ1n) is 7.01. The van der Waals surface area contributed by atoms with Crippen molar-refractivity contribution >= 4 is 17.4 Å². The van der Waals surface area contributed by atoms with Crippen molar-refractivity contribution in [2.75, 3.05) is 11.5 Å². The molecule has 2 atom stereocenters. The van der Waals surface area contributed by atoms with Crippen molar-refractivity contribution in [2.45, 2.75) is 50.6 Å². The topological polar surface area (TPSA) is 29.3 Å². The summed E-state index contributed by atoms with van der Waals surface area (Å²) in [6.07, 6.45) is 4.15.